The molecule has 1 fully saturated rings. The Labute approximate surface area is 141 Å². The van der Waals surface area contributed by atoms with Gasteiger partial charge in [0.25, 0.3) is 0 Å². The monoisotopic (exact) mass is 325 g/mol. The Morgan fingerprint density at radius 1 is 1.22 bits per heavy atom. The molecule has 1 aliphatic carbocycles. The van der Waals surface area contributed by atoms with Gasteiger partial charge in [0.1, 0.15) is 0 Å². The highest BCUT2D eigenvalue weighted by Gasteiger charge is 2.40. The van der Waals surface area contributed by atoms with E-state index >= 15 is 0 Å². The van der Waals surface area contributed by atoms with E-state index in [1.54, 1.807) is 11.9 Å². The van der Waals surface area contributed by atoms with E-state index in [4.69, 9.17) is 0 Å². The van der Waals surface area contributed by atoms with E-state index < -0.39 is 0 Å². The van der Waals surface area contributed by atoms with Crippen LogP contribution in [0.15, 0.2) is 0 Å². The molecule has 5 nitrogen and oxygen atoms in total. The van der Waals surface area contributed by atoms with E-state index in [0.717, 1.165) is 25.7 Å². The summed E-state index contributed by atoms with van der Waals surface area (Å²) in [6.45, 7) is 7.13. The average Bonchev–Trinajstić information content (AvgIpc) is 3.31. The highest BCUT2D eigenvalue weighted by Crippen LogP contribution is 2.51. The molecular formula is C18H35N3O2. The predicted molar refractivity (Wildman–Crippen MR) is 94.0 cm³/mol. The standard InChI is InChI=1S/C18H35N3O2/c1-5-7-8-9-17(23)21(13-12-18(6-2)10-11-18)14-16(22)20-15(3)19-4/h15,19H,5-14H2,1-4H3,(H,20,22)/t15-/m0/s1. The Bertz CT molecular complexity index is 380. The van der Waals surface area contributed by atoms with Crippen LogP contribution in [0.3, 0.4) is 0 Å². The third-order valence-electron chi connectivity index (χ3n) is 5.11. The van der Waals surface area contributed by atoms with E-state index in [0.29, 0.717) is 18.4 Å². The molecule has 0 spiro atoms. The molecule has 0 aromatic carbocycles. The predicted octanol–water partition coefficient (Wildman–Crippen LogP) is 2.66. The number of carbonyl (C=O) groups is 2. The van der Waals surface area contributed by atoms with Crippen LogP contribution in [0.2, 0.25) is 0 Å². The average molecular weight is 325 g/mol. The molecule has 1 aliphatic rings. The van der Waals surface area contributed by atoms with Crippen LogP contribution in [0, 0.1) is 5.41 Å². The van der Waals surface area contributed by atoms with Crippen molar-refractivity contribution in [3.8, 4) is 0 Å². The van der Waals surface area contributed by atoms with Crippen LogP contribution in [0.25, 0.3) is 0 Å². The first kappa shape index (κ1) is 19.9. The van der Waals surface area contributed by atoms with Crippen LogP contribution in [0.5, 0.6) is 0 Å². The minimum absolute atomic E-state index is 0.0787. The molecule has 2 N–H and O–H groups in total. The van der Waals surface area contributed by atoms with Crippen molar-refractivity contribution in [3.05, 3.63) is 0 Å². The zero-order chi connectivity index (χ0) is 17.3. The van der Waals surface area contributed by atoms with Gasteiger partial charge in [-0.05, 0) is 45.1 Å². The van der Waals surface area contributed by atoms with Crippen molar-refractivity contribution in [2.45, 2.75) is 78.3 Å². The Hall–Kier alpha value is -1.10. The molecule has 1 saturated carbocycles. The molecule has 0 aliphatic heterocycles. The SMILES string of the molecule is CCCCCC(=O)N(CCC1(CC)CC1)CC(=O)N[C@@H](C)NC. The van der Waals surface area contributed by atoms with Crippen molar-refractivity contribution in [1.82, 2.24) is 15.5 Å². The van der Waals surface area contributed by atoms with Gasteiger partial charge < -0.3 is 15.5 Å². The molecular weight excluding hydrogens is 290 g/mol. The van der Waals surface area contributed by atoms with Crippen molar-refractivity contribution >= 4 is 11.8 Å². The first-order valence-corrected chi connectivity index (χ1v) is 9.20. The summed E-state index contributed by atoms with van der Waals surface area (Å²) < 4.78 is 0. The zero-order valence-electron chi connectivity index (χ0n) is 15.4. The lowest BCUT2D eigenvalue weighted by molar-refractivity contribution is -0.136. The van der Waals surface area contributed by atoms with E-state index in [2.05, 4.69) is 24.5 Å². The number of rotatable bonds is 12. The van der Waals surface area contributed by atoms with Gasteiger partial charge in [0, 0.05) is 13.0 Å². The number of hydrogen-bond donors (Lipinski definition) is 2. The Morgan fingerprint density at radius 3 is 2.43 bits per heavy atom. The Morgan fingerprint density at radius 2 is 1.91 bits per heavy atom. The highest BCUT2D eigenvalue weighted by molar-refractivity contribution is 5.84. The van der Waals surface area contributed by atoms with Gasteiger partial charge in [0.2, 0.25) is 11.8 Å². The largest absolute Gasteiger partial charge is 0.340 e. The fraction of sp³-hybridized carbons (Fsp3) is 0.889. The first-order chi connectivity index (χ1) is 11.0. The van der Waals surface area contributed by atoms with Crippen LogP contribution in [0.4, 0.5) is 0 Å². The van der Waals surface area contributed by atoms with Crippen molar-refractivity contribution < 1.29 is 9.59 Å². The second-order valence-electron chi connectivity index (χ2n) is 6.95. The number of hydrogen-bond acceptors (Lipinski definition) is 3. The van der Waals surface area contributed by atoms with Crippen molar-refractivity contribution in [2.24, 2.45) is 5.41 Å². The van der Waals surface area contributed by atoms with Crippen LogP contribution in [0.1, 0.15) is 72.1 Å². The molecule has 23 heavy (non-hydrogen) atoms. The fourth-order valence-corrected chi connectivity index (χ4v) is 2.84. The number of nitrogens with zero attached hydrogens (tertiary/aromatic N) is 1. The molecule has 5 heteroatoms. The van der Waals surface area contributed by atoms with Crippen LogP contribution < -0.4 is 10.6 Å². The van der Waals surface area contributed by atoms with Crippen molar-refractivity contribution in [2.75, 3.05) is 20.1 Å². The van der Waals surface area contributed by atoms with Gasteiger partial charge in [-0.15, -0.1) is 0 Å². The number of nitrogens with one attached hydrogen (secondary N) is 2. The van der Waals surface area contributed by atoms with E-state index in [1.165, 1.54) is 19.3 Å². The molecule has 0 aromatic rings. The Balaban J connectivity index is 2.52. The summed E-state index contributed by atoms with van der Waals surface area (Å²) in [6.07, 6.45) is 8.31. The van der Waals surface area contributed by atoms with E-state index in [9.17, 15) is 9.59 Å². The molecule has 0 unspecified atom stereocenters. The van der Waals surface area contributed by atoms with Gasteiger partial charge >= 0.3 is 0 Å². The summed E-state index contributed by atoms with van der Waals surface area (Å²) in [6, 6.07) is 0. The fourth-order valence-electron chi connectivity index (χ4n) is 2.84. The molecule has 1 rings (SSSR count). The van der Waals surface area contributed by atoms with Gasteiger partial charge in [-0.3, -0.25) is 9.59 Å². The maximum Gasteiger partial charge on any atom is 0.240 e. The Kier molecular flexibility index (Phi) is 8.59. The van der Waals surface area contributed by atoms with Gasteiger partial charge in [0.05, 0.1) is 12.7 Å². The minimum Gasteiger partial charge on any atom is -0.340 e. The summed E-state index contributed by atoms with van der Waals surface area (Å²) in [5.41, 5.74) is 0.441. The topological polar surface area (TPSA) is 61.4 Å². The van der Waals surface area contributed by atoms with Gasteiger partial charge in [-0.1, -0.05) is 33.1 Å². The lowest BCUT2D eigenvalue weighted by Gasteiger charge is -2.25. The summed E-state index contributed by atoms with van der Waals surface area (Å²) in [5.74, 6) is 0.0367. The number of unbranched alkanes of at least 4 members (excludes halogenated alkanes) is 2. The maximum absolute atomic E-state index is 12.5. The molecule has 0 radical (unpaired) electrons. The third kappa shape index (κ3) is 7.34. The normalized spacial score (nSPS) is 16.7. The number of carbonyl (C=O) groups excluding carboxylic acids is 2. The second-order valence-corrected chi connectivity index (χ2v) is 6.95. The molecule has 0 bridgehead atoms. The van der Waals surface area contributed by atoms with Gasteiger partial charge in [-0.25, -0.2) is 0 Å². The smallest absolute Gasteiger partial charge is 0.240 e. The molecule has 0 aromatic heterocycles. The zero-order valence-corrected chi connectivity index (χ0v) is 15.4. The third-order valence-corrected chi connectivity index (χ3v) is 5.11. The summed E-state index contributed by atoms with van der Waals surface area (Å²) in [5, 5.41) is 5.85. The first-order valence-electron chi connectivity index (χ1n) is 9.20. The van der Waals surface area contributed by atoms with Gasteiger partial charge in [-0.2, -0.15) is 0 Å². The highest BCUT2D eigenvalue weighted by atomic mass is 16.2. The quantitative estimate of drug-likeness (QED) is 0.428. The van der Waals surface area contributed by atoms with Gasteiger partial charge in [0.15, 0.2) is 0 Å². The maximum atomic E-state index is 12.5. The second kappa shape index (κ2) is 9.91. The summed E-state index contributed by atoms with van der Waals surface area (Å²) >= 11 is 0. The van der Waals surface area contributed by atoms with E-state index in [-0.39, 0.29) is 24.5 Å². The summed E-state index contributed by atoms with van der Waals surface area (Å²) in [7, 11) is 1.80. The minimum atomic E-state index is -0.0861. The number of amides is 2. The van der Waals surface area contributed by atoms with Crippen LogP contribution in [-0.4, -0.2) is 43.0 Å². The molecule has 1 atom stereocenters. The van der Waals surface area contributed by atoms with Crippen LogP contribution in [-0.2, 0) is 9.59 Å². The lowest BCUT2D eigenvalue weighted by atomic mass is 9.99. The van der Waals surface area contributed by atoms with Crippen molar-refractivity contribution in [1.29, 1.82) is 0 Å². The molecule has 0 heterocycles. The molecule has 0 saturated heterocycles. The van der Waals surface area contributed by atoms with Crippen molar-refractivity contribution in [3.63, 3.8) is 0 Å². The van der Waals surface area contributed by atoms with E-state index in [1.807, 2.05) is 6.92 Å². The van der Waals surface area contributed by atoms with Crippen LogP contribution >= 0.6 is 0 Å². The molecule has 134 valence electrons. The lowest BCUT2D eigenvalue weighted by Crippen LogP contribution is -2.47. The summed E-state index contributed by atoms with van der Waals surface area (Å²) in [4.78, 5) is 26.4. The molecule has 2 amide bonds.